The van der Waals surface area contributed by atoms with Gasteiger partial charge in [-0.05, 0) is 6.72 Å². The van der Waals surface area contributed by atoms with E-state index < -0.39 is 6.03 Å². The van der Waals surface area contributed by atoms with Crippen LogP contribution in [0, 0.1) is 0 Å². The van der Waals surface area contributed by atoms with E-state index in [9.17, 15) is 4.79 Å². The number of urea groups is 1. The molecule has 27 valence electrons. The molecule has 0 aromatic carbocycles. The second-order valence-corrected chi connectivity index (χ2v) is 0.463. The number of nitrogens with one attached hydrogen (secondary N) is 1. The van der Waals surface area contributed by atoms with Crippen LogP contribution in [0.15, 0.2) is 4.99 Å². The van der Waals surface area contributed by atoms with Crippen molar-refractivity contribution in [2.75, 3.05) is 0 Å². The van der Waals surface area contributed by atoms with Crippen LogP contribution in [0.25, 0.3) is 0 Å². The molecule has 0 fully saturated rings. The summed E-state index contributed by atoms with van der Waals surface area (Å²) in [6, 6.07) is -0.981. The van der Waals surface area contributed by atoms with Gasteiger partial charge in [-0.3, -0.25) is 0 Å². The van der Waals surface area contributed by atoms with Gasteiger partial charge in [0.05, 0.1) is 0 Å². The first kappa shape index (κ1) is 4.14. The Labute approximate surface area is 29.5 Å². The van der Waals surface area contributed by atoms with Crippen molar-refractivity contribution in [2.45, 2.75) is 0 Å². The number of carbonyl (C=O) groups is 1. The number of hydrogen-bond acceptors (Lipinski definition) is 1. The predicted molar refractivity (Wildman–Crippen MR) is 18.0 cm³/mol. The molecule has 1 radical (unpaired) electrons. The van der Waals surface area contributed by atoms with Crippen LogP contribution in [-0.2, 0) is 0 Å². The summed E-state index contributed by atoms with van der Waals surface area (Å²) in [6.07, 6.45) is 0. The third-order valence-electron chi connectivity index (χ3n) is 0.144. The Morgan fingerprint density at radius 2 is 2.20 bits per heavy atom. The monoisotopic (exact) mass is 71.0 g/mol. The molecule has 0 saturated heterocycles. The van der Waals surface area contributed by atoms with Crippen molar-refractivity contribution in [1.82, 2.24) is 5.73 Å². The summed E-state index contributed by atoms with van der Waals surface area (Å²) in [5, 5.41) is 0. The molecule has 0 aromatic heterocycles. The molecule has 0 aromatic rings. The van der Waals surface area contributed by atoms with Gasteiger partial charge in [0.25, 0.3) is 0 Å². The highest BCUT2D eigenvalue weighted by Crippen LogP contribution is 1.57. The molecular formula is C2H3N2O. The molecule has 0 saturated carbocycles. The van der Waals surface area contributed by atoms with Crippen LogP contribution in [0.1, 0.15) is 0 Å². The van der Waals surface area contributed by atoms with Crippen LogP contribution < -0.4 is 5.73 Å². The van der Waals surface area contributed by atoms with E-state index in [2.05, 4.69) is 11.7 Å². The summed E-state index contributed by atoms with van der Waals surface area (Å²) >= 11 is 0. The minimum atomic E-state index is -0.981. The zero-order valence-electron chi connectivity index (χ0n) is 2.56. The molecule has 5 heavy (non-hydrogen) atoms. The SMILES string of the molecule is C=NC([NH])=O. The molecule has 0 aliphatic heterocycles. The lowest BCUT2D eigenvalue weighted by molar-refractivity contribution is 0.256. The normalized spacial score (nSPS) is 6.40. The highest BCUT2D eigenvalue weighted by Gasteiger charge is 1.73. The average molecular weight is 71.1 g/mol. The topological polar surface area (TPSA) is 53.2 Å². The smallest absolute Gasteiger partial charge is 0.246 e. The molecule has 0 rings (SSSR count). The molecule has 0 aliphatic rings. The van der Waals surface area contributed by atoms with Crippen LogP contribution in [-0.4, -0.2) is 12.7 Å². The van der Waals surface area contributed by atoms with Crippen LogP contribution in [0.4, 0.5) is 4.79 Å². The zero-order chi connectivity index (χ0) is 4.28. The largest absolute Gasteiger partial charge is 0.359 e. The summed E-state index contributed by atoms with van der Waals surface area (Å²) in [7, 11) is 0. The Morgan fingerprint density at radius 3 is 2.20 bits per heavy atom. The van der Waals surface area contributed by atoms with Gasteiger partial charge in [-0.15, -0.1) is 0 Å². The molecule has 0 unspecified atom stereocenters. The van der Waals surface area contributed by atoms with Crippen LogP contribution in [0.3, 0.4) is 0 Å². The molecule has 0 atom stereocenters. The van der Waals surface area contributed by atoms with E-state index in [4.69, 9.17) is 5.73 Å². The van der Waals surface area contributed by atoms with Crippen molar-refractivity contribution in [3.05, 3.63) is 0 Å². The molecule has 0 spiro atoms. The lowest BCUT2D eigenvalue weighted by Gasteiger charge is -1.63. The van der Waals surface area contributed by atoms with Gasteiger partial charge in [-0.25, -0.2) is 15.5 Å². The quantitative estimate of drug-likeness (QED) is 0.373. The number of nitrogens with zero attached hydrogens (tertiary/aromatic N) is 1. The van der Waals surface area contributed by atoms with E-state index in [1.807, 2.05) is 0 Å². The van der Waals surface area contributed by atoms with E-state index >= 15 is 0 Å². The molecular weight excluding hydrogens is 68.0 g/mol. The molecule has 0 heterocycles. The Hall–Kier alpha value is -0.860. The van der Waals surface area contributed by atoms with Gasteiger partial charge >= 0.3 is 6.03 Å². The molecule has 2 amide bonds. The average Bonchev–Trinajstić information content (AvgIpc) is 1.38. The zero-order valence-corrected chi connectivity index (χ0v) is 2.56. The van der Waals surface area contributed by atoms with Crippen molar-refractivity contribution in [1.29, 1.82) is 0 Å². The standard InChI is InChI=1S/C2H3N2O/c1-4-2(3)5/h3H,1H2. The van der Waals surface area contributed by atoms with Crippen molar-refractivity contribution in [2.24, 2.45) is 4.99 Å². The molecule has 1 N–H and O–H groups in total. The maximum atomic E-state index is 9.25. The van der Waals surface area contributed by atoms with Crippen molar-refractivity contribution >= 4 is 12.7 Å². The van der Waals surface area contributed by atoms with Gasteiger partial charge < -0.3 is 0 Å². The minimum absolute atomic E-state index is 0.981. The summed E-state index contributed by atoms with van der Waals surface area (Å²) in [5.74, 6) is 0. The van der Waals surface area contributed by atoms with Gasteiger partial charge in [0.15, 0.2) is 0 Å². The van der Waals surface area contributed by atoms with Gasteiger partial charge in [0.1, 0.15) is 0 Å². The number of amides is 2. The van der Waals surface area contributed by atoms with Crippen molar-refractivity contribution in [3.63, 3.8) is 0 Å². The fourth-order valence-corrected chi connectivity index (χ4v) is 0. The molecule has 0 bridgehead atoms. The third-order valence-corrected chi connectivity index (χ3v) is 0.144. The Bertz CT molecular complexity index is 58.7. The van der Waals surface area contributed by atoms with E-state index in [0.717, 1.165) is 0 Å². The van der Waals surface area contributed by atoms with Gasteiger partial charge in [-0.2, -0.15) is 0 Å². The van der Waals surface area contributed by atoms with E-state index in [-0.39, 0.29) is 0 Å². The Morgan fingerprint density at radius 1 is 2.00 bits per heavy atom. The lowest BCUT2D eigenvalue weighted by atomic mass is 11.1. The third kappa shape index (κ3) is 3.14. The first-order chi connectivity index (χ1) is 2.27. The predicted octanol–water partition coefficient (Wildman–Crippen LogP) is 0.0899. The highest BCUT2D eigenvalue weighted by molar-refractivity contribution is 5.75. The summed E-state index contributed by atoms with van der Waals surface area (Å²) in [4.78, 5) is 11.9. The molecule has 3 nitrogen and oxygen atoms in total. The summed E-state index contributed by atoms with van der Waals surface area (Å²) in [5.41, 5.74) is 5.96. The fourth-order valence-electron chi connectivity index (χ4n) is 0. The highest BCUT2D eigenvalue weighted by atomic mass is 16.2. The Kier molecular flexibility index (Phi) is 1.21. The number of carbonyl (C=O) groups excluding carboxylic acids is 1. The lowest BCUT2D eigenvalue weighted by Crippen LogP contribution is -1.83. The second kappa shape index (κ2) is 1.46. The fraction of sp³-hybridized carbons (Fsp3) is 0. The minimum Gasteiger partial charge on any atom is -0.246 e. The number of aliphatic imine (C=N–C) groups is 1. The second-order valence-electron chi connectivity index (χ2n) is 0.463. The maximum absolute atomic E-state index is 9.25. The van der Waals surface area contributed by atoms with Gasteiger partial charge in [-0.1, -0.05) is 0 Å². The number of rotatable bonds is 0. The first-order valence-electron chi connectivity index (χ1n) is 0.994. The Balaban J connectivity index is 3.20. The van der Waals surface area contributed by atoms with Gasteiger partial charge in [0, 0.05) is 0 Å². The van der Waals surface area contributed by atoms with Crippen molar-refractivity contribution in [3.8, 4) is 0 Å². The van der Waals surface area contributed by atoms with Crippen LogP contribution in [0.2, 0.25) is 0 Å². The molecule has 3 heteroatoms. The summed E-state index contributed by atoms with van der Waals surface area (Å²) < 4.78 is 0. The van der Waals surface area contributed by atoms with E-state index in [1.165, 1.54) is 0 Å². The summed E-state index contributed by atoms with van der Waals surface area (Å²) in [6.45, 7) is 2.77. The maximum Gasteiger partial charge on any atom is 0.359 e. The van der Waals surface area contributed by atoms with E-state index in [1.54, 1.807) is 0 Å². The molecule has 0 aliphatic carbocycles. The van der Waals surface area contributed by atoms with Gasteiger partial charge in [0.2, 0.25) is 0 Å². The first-order valence-corrected chi connectivity index (χ1v) is 0.994. The van der Waals surface area contributed by atoms with Crippen molar-refractivity contribution < 1.29 is 4.79 Å². The van der Waals surface area contributed by atoms with E-state index in [0.29, 0.717) is 0 Å². The van der Waals surface area contributed by atoms with Crippen LogP contribution >= 0.6 is 0 Å². The number of hydrogen-bond donors (Lipinski definition) is 0. The van der Waals surface area contributed by atoms with Crippen LogP contribution in [0.5, 0.6) is 0 Å².